The highest BCUT2D eigenvalue weighted by atomic mass is 79.9. The quantitative estimate of drug-likeness (QED) is 0.531. The van der Waals surface area contributed by atoms with E-state index >= 15 is 0 Å². The van der Waals surface area contributed by atoms with E-state index in [0.717, 1.165) is 18.6 Å². The number of hydrogen-bond acceptors (Lipinski definition) is 6. The first-order valence-corrected chi connectivity index (χ1v) is 9.59. The molecule has 0 spiro atoms. The molecule has 1 saturated heterocycles. The molecule has 0 saturated carbocycles. The third kappa shape index (κ3) is 4.08. The lowest BCUT2D eigenvalue weighted by molar-refractivity contribution is 0.573. The van der Waals surface area contributed by atoms with Crippen molar-refractivity contribution < 1.29 is 8.42 Å². The maximum absolute atomic E-state index is 12.3. The molecule has 1 unspecified atom stereocenters. The van der Waals surface area contributed by atoms with Crippen LogP contribution in [0.3, 0.4) is 0 Å². The van der Waals surface area contributed by atoms with Gasteiger partial charge in [0.2, 0.25) is 10.0 Å². The minimum Gasteiger partial charge on any atom is -0.307 e. The van der Waals surface area contributed by atoms with Crippen LogP contribution in [0.4, 0.5) is 5.82 Å². The van der Waals surface area contributed by atoms with E-state index in [2.05, 4.69) is 31.1 Å². The van der Waals surface area contributed by atoms with Gasteiger partial charge in [-0.25, -0.2) is 24.0 Å². The van der Waals surface area contributed by atoms with Crippen molar-refractivity contribution in [2.24, 2.45) is 5.84 Å². The lowest BCUT2D eigenvalue weighted by atomic mass is 10.2. The van der Waals surface area contributed by atoms with E-state index in [1.54, 1.807) is 0 Å². The third-order valence-corrected chi connectivity index (χ3v) is 6.29. The summed E-state index contributed by atoms with van der Waals surface area (Å²) < 4.78 is 27.9. The molecule has 6 nitrogen and oxygen atoms in total. The van der Waals surface area contributed by atoms with E-state index in [0.29, 0.717) is 16.3 Å². The molecular weight excluding hydrogens is 364 g/mol. The average Bonchev–Trinajstić information content (AvgIpc) is 2.46. The molecule has 1 atom stereocenters. The topological polar surface area (TPSA) is 97.1 Å². The number of nitrogens with one attached hydrogen (secondary N) is 2. The van der Waals surface area contributed by atoms with Crippen molar-refractivity contribution in [3.05, 3.63) is 16.7 Å². The Morgan fingerprint density at radius 1 is 1.50 bits per heavy atom. The molecule has 112 valence electrons. The van der Waals surface area contributed by atoms with Crippen LogP contribution in [0.2, 0.25) is 0 Å². The number of hydrogen-bond donors (Lipinski definition) is 3. The molecule has 2 heterocycles. The van der Waals surface area contributed by atoms with Gasteiger partial charge in [0, 0.05) is 22.5 Å². The highest BCUT2D eigenvalue weighted by Crippen LogP contribution is 2.26. The number of nitrogens with two attached hydrogens (primary N) is 1. The zero-order chi connectivity index (χ0) is 14.6. The van der Waals surface area contributed by atoms with Crippen LogP contribution in [-0.4, -0.2) is 30.9 Å². The Morgan fingerprint density at radius 2 is 2.30 bits per heavy atom. The van der Waals surface area contributed by atoms with Crippen molar-refractivity contribution in [1.29, 1.82) is 0 Å². The Morgan fingerprint density at radius 3 is 2.95 bits per heavy atom. The van der Waals surface area contributed by atoms with Crippen molar-refractivity contribution in [2.45, 2.75) is 29.4 Å². The summed E-state index contributed by atoms with van der Waals surface area (Å²) in [5.41, 5.74) is 2.31. The zero-order valence-electron chi connectivity index (χ0n) is 10.8. The minimum absolute atomic E-state index is 0.0511. The molecule has 0 bridgehead atoms. The van der Waals surface area contributed by atoms with Gasteiger partial charge in [-0.05, 0) is 40.6 Å². The number of rotatable bonds is 5. The molecule has 9 heteroatoms. The van der Waals surface area contributed by atoms with Crippen molar-refractivity contribution in [3.63, 3.8) is 0 Å². The fourth-order valence-electron chi connectivity index (χ4n) is 1.98. The molecule has 1 fully saturated rings. The van der Waals surface area contributed by atoms with Gasteiger partial charge in [0.25, 0.3) is 0 Å². The normalized spacial score (nSPS) is 19.8. The van der Waals surface area contributed by atoms with Crippen LogP contribution in [0.5, 0.6) is 0 Å². The second-order valence-corrected chi connectivity index (χ2v) is 8.54. The van der Waals surface area contributed by atoms with Crippen LogP contribution in [0.1, 0.15) is 19.3 Å². The molecule has 1 aliphatic rings. The van der Waals surface area contributed by atoms with Gasteiger partial charge in [0.15, 0.2) is 5.82 Å². The van der Waals surface area contributed by atoms with Crippen LogP contribution in [-0.2, 0) is 10.0 Å². The average molecular weight is 381 g/mol. The SMILES string of the molecule is NNc1ncc(Br)cc1S(=O)(=O)NCC1CCCCS1. The summed E-state index contributed by atoms with van der Waals surface area (Å²) in [6.45, 7) is 0.434. The predicted molar refractivity (Wildman–Crippen MR) is 85.0 cm³/mol. The number of nitrogen functional groups attached to an aromatic ring is 1. The lowest BCUT2D eigenvalue weighted by Gasteiger charge is -2.21. The predicted octanol–water partition coefficient (Wildman–Crippen LogP) is 1.69. The van der Waals surface area contributed by atoms with Gasteiger partial charge in [-0.15, -0.1) is 0 Å². The number of sulfonamides is 1. The Bertz CT molecular complexity index is 562. The number of pyridine rings is 1. The van der Waals surface area contributed by atoms with Crippen molar-refractivity contribution >= 4 is 43.5 Å². The van der Waals surface area contributed by atoms with Crippen LogP contribution in [0.15, 0.2) is 21.6 Å². The van der Waals surface area contributed by atoms with E-state index in [1.807, 2.05) is 11.8 Å². The maximum Gasteiger partial charge on any atom is 0.244 e. The number of nitrogens with zero attached hydrogens (tertiary/aromatic N) is 1. The minimum atomic E-state index is -3.62. The first-order valence-electron chi connectivity index (χ1n) is 6.26. The van der Waals surface area contributed by atoms with E-state index in [1.165, 1.54) is 18.7 Å². The third-order valence-electron chi connectivity index (χ3n) is 3.02. The highest BCUT2D eigenvalue weighted by Gasteiger charge is 2.22. The summed E-state index contributed by atoms with van der Waals surface area (Å²) in [5, 5.41) is 0.341. The molecule has 20 heavy (non-hydrogen) atoms. The molecule has 0 aliphatic carbocycles. The molecule has 0 aromatic carbocycles. The van der Waals surface area contributed by atoms with E-state index < -0.39 is 10.0 Å². The number of halogens is 1. The number of aromatic nitrogens is 1. The van der Waals surface area contributed by atoms with Gasteiger partial charge in [0.1, 0.15) is 4.90 Å². The summed E-state index contributed by atoms with van der Waals surface area (Å²) in [5.74, 6) is 6.55. The van der Waals surface area contributed by atoms with Crippen LogP contribution in [0, 0.1) is 0 Å². The molecule has 2 rings (SSSR count). The van der Waals surface area contributed by atoms with Crippen molar-refractivity contribution in [2.75, 3.05) is 17.7 Å². The van der Waals surface area contributed by atoms with E-state index in [9.17, 15) is 8.42 Å². The molecule has 0 radical (unpaired) electrons. The summed E-state index contributed by atoms with van der Waals surface area (Å²) in [7, 11) is -3.62. The number of hydrazine groups is 1. The van der Waals surface area contributed by atoms with Crippen molar-refractivity contribution in [3.8, 4) is 0 Å². The summed E-state index contributed by atoms with van der Waals surface area (Å²) in [6, 6.07) is 1.48. The molecular formula is C11H17BrN4O2S2. The smallest absolute Gasteiger partial charge is 0.244 e. The van der Waals surface area contributed by atoms with Crippen LogP contribution < -0.4 is 16.0 Å². The lowest BCUT2D eigenvalue weighted by Crippen LogP contribution is -2.32. The van der Waals surface area contributed by atoms with E-state index in [4.69, 9.17) is 5.84 Å². The first-order chi connectivity index (χ1) is 9.53. The van der Waals surface area contributed by atoms with E-state index in [-0.39, 0.29) is 10.7 Å². The Labute approximate surface area is 131 Å². The summed E-state index contributed by atoms with van der Waals surface area (Å²) in [4.78, 5) is 4.00. The molecule has 1 aromatic heterocycles. The van der Waals surface area contributed by atoms with Gasteiger partial charge in [-0.3, -0.25) is 0 Å². The maximum atomic E-state index is 12.3. The number of anilines is 1. The Kier molecular flexibility index (Phi) is 5.67. The second-order valence-electron chi connectivity index (χ2n) is 4.49. The van der Waals surface area contributed by atoms with Gasteiger partial charge >= 0.3 is 0 Å². The molecule has 0 amide bonds. The second kappa shape index (κ2) is 7.08. The standard InChI is InChI=1S/C11H17BrN4O2S2/c12-8-5-10(11(16-13)14-6-8)20(17,18)15-7-9-3-1-2-4-19-9/h5-6,9,15H,1-4,7,13H2,(H,14,16). The first kappa shape index (κ1) is 16.0. The van der Waals surface area contributed by atoms with Gasteiger partial charge < -0.3 is 5.43 Å². The molecule has 1 aromatic rings. The van der Waals surface area contributed by atoms with Gasteiger partial charge in [0.05, 0.1) is 0 Å². The fourth-order valence-corrected chi connectivity index (χ4v) is 5.03. The zero-order valence-corrected chi connectivity index (χ0v) is 14.0. The van der Waals surface area contributed by atoms with Crippen LogP contribution in [0.25, 0.3) is 0 Å². The van der Waals surface area contributed by atoms with Crippen LogP contribution >= 0.6 is 27.7 Å². The highest BCUT2D eigenvalue weighted by molar-refractivity contribution is 9.10. The van der Waals surface area contributed by atoms with Crippen molar-refractivity contribution in [1.82, 2.24) is 9.71 Å². The fraction of sp³-hybridized carbons (Fsp3) is 0.545. The number of thioether (sulfide) groups is 1. The van der Waals surface area contributed by atoms with Gasteiger partial charge in [-0.2, -0.15) is 11.8 Å². The molecule has 1 aliphatic heterocycles. The largest absolute Gasteiger partial charge is 0.307 e. The summed E-state index contributed by atoms with van der Waals surface area (Å²) in [6.07, 6.45) is 4.91. The van der Waals surface area contributed by atoms with Gasteiger partial charge in [-0.1, -0.05) is 6.42 Å². The summed E-state index contributed by atoms with van der Waals surface area (Å²) >= 11 is 5.04. The Hall–Kier alpha value is -0.350. The monoisotopic (exact) mass is 380 g/mol. The molecule has 4 N–H and O–H groups in total. The Balaban J connectivity index is 2.11.